The van der Waals surface area contributed by atoms with E-state index in [-0.39, 0.29) is 5.78 Å². The van der Waals surface area contributed by atoms with Crippen LogP contribution in [0.25, 0.3) is 21.9 Å². The summed E-state index contributed by atoms with van der Waals surface area (Å²) in [7, 11) is 0. The number of fused-ring (bicyclic) bond motifs is 7. The summed E-state index contributed by atoms with van der Waals surface area (Å²) < 4.78 is 7.47. The minimum absolute atomic E-state index is 0.00585. The van der Waals surface area contributed by atoms with Crippen LogP contribution >= 0.6 is 6.83 Å². The van der Waals surface area contributed by atoms with Crippen LogP contribution in [0, 0.1) is 0 Å². The molecule has 2 spiro atoms. The number of hydrogen-bond acceptors (Lipinski definition) is 4. The zero-order valence-corrected chi connectivity index (χ0v) is 26.8. The summed E-state index contributed by atoms with van der Waals surface area (Å²) >= 11 is 0. The van der Waals surface area contributed by atoms with Crippen molar-refractivity contribution in [2.75, 3.05) is 0 Å². The quantitative estimate of drug-likeness (QED) is 0.182. The van der Waals surface area contributed by atoms with Crippen LogP contribution in [0.4, 0.5) is 0 Å². The van der Waals surface area contributed by atoms with Crippen LogP contribution in [0.3, 0.4) is 0 Å². The molecule has 0 radical (unpaired) electrons. The van der Waals surface area contributed by atoms with E-state index in [1.54, 1.807) is 0 Å². The molecule has 4 nitrogen and oxygen atoms in total. The van der Waals surface area contributed by atoms with Crippen molar-refractivity contribution in [2.24, 2.45) is 10.4 Å². The molecular formula is C43H29N2O2P. The normalized spacial score (nSPS) is 20.9. The Balaban J connectivity index is 1.58. The molecule has 2 aliphatic carbocycles. The number of rotatable bonds is 3. The van der Waals surface area contributed by atoms with Crippen LogP contribution < -0.4 is 15.9 Å². The van der Waals surface area contributed by atoms with E-state index < -0.39 is 17.5 Å². The fourth-order valence-corrected chi connectivity index (χ4v) is 16.5. The molecule has 7 aromatic carbocycles. The first-order valence-electron chi connectivity index (χ1n) is 16.3. The predicted molar refractivity (Wildman–Crippen MR) is 194 cm³/mol. The summed E-state index contributed by atoms with van der Waals surface area (Å²) in [6, 6.07) is 60.4. The molecule has 0 aromatic heterocycles. The molecule has 1 atom stereocenters. The SMILES string of the molecule is O=C1c2cccc3cccc(c23)C12C1(N=NOP2(c2ccccc2)(c2ccccc2)c2ccccc2)c2ccccc2-c2ccccc21. The molecule has 1 unspecified atom stereocenters. The third kappa shape index (κ3) is 2.76. The van der Waals surface area contributed by atoms with E-state index in [0.29, 0.717) is 5.56 Å². The van der Waals surface area contributed by atoms with Crippen molar-refractivity contribution in [3.05, 3.63) is 198 Å². The van der Waals surface area contributed by atoms with E-state index in [1.807, 2.05) is 30.3 Å². The van der Waals surface area contributed by atoms with Gasteiger partial charge in [0.1, 0.15) is 0 Å². The minimum atomic E-state index is -4.66. The van der Waals surface area contributed by atoms with Crippen LogP contribution in [0.5, 0.6) is 0 Å². The Kier molecular flexibility index (Phi) is 5.39. The van der Waals surface area contributed by atoms with Crippen molar-refractivity contribution < 1.29 is 9.42 Å². The van der Waals surface area contributed by atoms with Crippen molar-refractivity contribution in [2.45, 2.75) is 10.7 Å². The van der Waals surface area contributed by atoms with Gasteiger partial charge in [-0.2, -0.15) is 0 Å². The van der Waals surface area contributed by atoms with Crippen LogP contribution in [0.2, 0.25) is 0 Å². The number of hydrogen-bond donors (Lipinski definition) is 0. The molecule has 1 heterocycles. The third-order valence-corrected chi connectivity index (χ3v) is 17.4. The van der Waals surface area contributed by atoms with E-state index >= 15 is 4.79 Å². The van der Waals surface area contributed by atoms with Gasteiger partial charge in [-0.05, 0) is 0 Å². The summed E-state index contributed by atoms with van der Waals surface area (Å²) in [5.74, 6) is -0.00585. The van der Waals surface area contributed by atoms with E-state index in [0.717, 1.165) is 54.5 Å². The molecule has 0 fully saturated rings. The maximum absolute atomic E-state index is 16.6. The Morgan fingerprint density at radius 1 is 0.458 bits per heavy atom. The van der Waals surface area contributed by atoms with Crippen molar-refractivity contribution >= 4 is 39.3 Å². The van der Waals surface area contributed by atoms with Gasteiger partial charge in [0.2, 0.25) is 0 Å². The van der Waals surface area contributed by atoms with Crippen molar-refractivity contribution in [3.63, 3.8) is 0 Å². The second kappa shape index (κ2) is 9.44. The number of nitrogens with zero attached hydrogens (tertiary/aromatic N) is 2. The second-order valence-electron chi connectivity index (χ2n) is 12.9. The van der Waals surface area contributed by atoms with Crippen LogP contribution in [0.1, 0.15) is 27.0 Å². The Bertz CT molecular complexity index is 2330. The molecule has 0 bridgehead atoms. The Hall–Kier alpha value is -5.70. The number of Topliss-reactive ketones (excluding diaryl/α,β-unsaturated/α-hetero) is 1. The van der Waals surface area contributed by atoms with E-state index in [4.69, 9.17) is 15.0 Å². The van der Waals surface area contributed by atoms with Gasteiger partial charge in [0.25, 0.3) is 0 Å². The standard InChI is InChI=1S/C43H29N2O2P/c46-41-36-26-14-16-30-17-15-29-39(40(30)36)43(41)42(37-27-12-10-24-34(37)35-25-11-13-28-38(35)42)44-45-47-48(43,31-18-4-1-5-19-31,32-20-6-2-7-21-32)33-22-8-3-9-23-33/h1-29H. The summed E-state index contributed by atoms with van der Waals surface area (Å²) in [5.41, 5.74) is 4.32. The molecule has 0 saturated heterocycles. The number of carbonyl (C=O) groups is 1. The summed E-state index contributed by atoms with van der Waals surface area (Å²) in [4.78, 5) is 16.6. The molecule has 7 aromatic rings. The van der Waals surface area contributed by atoms with Gasteiger partial charge in [-0.1, -0.05) is 0 Å². The van der Waals surface area contributed by atoms with Gasteiger partial charge in [0, 0.05) is 0 Å². The zero-order chi connectivity index (χ0) is 32.0. The van der Waals surface area contributed by atoms with Gasteiger partial charge in [-0.25, -0.2) is 0 Å². The first kappa shape index (κ1) is 27.4. The van der Waals surface area contributed by atoms with Crippen LogP contribution in [0.15, 0.2) is 186 Å². The van der Waals surface area contributed by atoms with Gasteiger partial charge in [-0.15, -0.1) is 0 Å². The van der Waals surface area contributed by atoms with Gasteiger partial charge in [0.15, 0.2) is 0 Å². The maximum atomic E-state index is 16.6. The monoisotopic (exact) mass is 636 g/mol. The molecule has 0 N–H and O–H groups in total. The Morgan fingerprint density at radius 2 is 0.896 bits per heavy atom. The summed E-state index contributed by atoms with van der Waals surface area (Å²) in [6.45, 7) is -4.66. The topological polar surface area (TPSA) is 51.0 Å². The molecule has 48 heavy (non-hydrogen) atoms. The van der Waals surface area contributed by atoms with Crippen LogP contribution in [-0.2, 0) is 15.3 Å². The zero-order valence-electron chi connectivity index (χ0n) is 25.9. The molecular weight excluding hydrogens is 607 g/mol. The molecule has 3 aliphatic rings. The van der Waals surface area contributed by atoms with Gasteiger partial charge >= 0.3 is 279 Å². The van der Waals surface area contributed by atoms with Gasteiger partial charge in [0.05, 0.1) is 0 Å². The molecule has 10 rings (SSSR count). The Morgan fingerprint density at radius 3 is 1.44 bits per heavy atom. The van der Waals surface area contributed by atoms with Gasteiger partial charge < -0.3 is 0 Å². The average molecular weight is 637 g/mol. The molecule has 1 aliphatic heterocycles. The average Bonchev–Trinajstić information content (AvgIpc) is 3.59. The number of carbonyl (C=O) groups excluding carboxylic acids is 1. The third-order valence-electron chi connectivity index (χ3n) is 11.1. The fourth-order valence-electron chi connectivity index (χ4n) is 9.54. The van der Waals surface area contributed by atoms with Crippen molar-refractivity contribution in [1.82, 2.24) is 0 Å². The van der Waals surface area contributed by atoms with E-state index in [9.17, 15) is 0 Å². The second-order valence-corrected chi connectivity index (χ2v) is 17.3. The first-order chi connectivity index (χ1) is 23.7. The number of benzene rings is 7. The van der Waals surface area contributed by atoms with Gasteiger partial charge in [-0.3, -0.25) is 0 Å². The molecule has 0 saturated carbocycles. The summed E-state index contributed by atoms with van der Waals surface area (Å²) in [5, 5.41) is 13.5. The van der Waals surface area contributed by atoms with Crippen LogP contribution in [-0.4, -0.2) is 5.78 Å². The summed E-state index contributed by atoms with van der Waals surface area (Å²) in [6.07, 6.45) is 0. The molecule has 5 heteroatoms. The predicted octanol–water partition coefficient (Wildman–Crippen LogP) is 9.00. The van der Waals surface area contributed by atoms with Crippen molar-refractivity contribution in [3.8, 4) is 11.1 Å². The first-order valence-corrected chi connectivity index (χ1v) is 18.4. The number of ketones is 1. The van der Waals surface area contributed by atoms with Crippen molar-refractivity contribution in [1.29, 1.82) is 0 Å². The Labute approximate surface area is 278 Å². The molecule has 0 amide bonds. The van der Waals surface area contributed by atoms with E-state index in [2.05, 4.69) is 146 Å². The molecule has 228 valence electrons. The fraction of sp³-hybridized carbons (Fsp3) is 0.0465. The van der Waals surface area contributed by atoms with E-state index in [1.165, 1.54) is 0 Å².